The number of methoxy groups -OCH3 is 1. The SMILES string of the molecule is CCC1OC(=O)[C@@](C)(F)C(=O)[C@H](C)[C@@H](OC2O[C@H](C)C[C@H](N(C)C)[C@H]2OC(=O)c2ccccc2)[C@@](C)(OC)C[C@@H](C)C(=O)[C@H](C)C2N(CCCCN=CC(=NN)c3cccc(N)c3)C(=O)O[C@]12C. The van der Waals surface area contributed by atoms with Gasteiger partial charge in [-0.05, 0) is 98.2 Å². The number of benzene rings is 2. The molecular weight excluding hydrogens is 880 g/mol. The van der Waals surface area contributed by atoms with E-state index in [1.807, 2.05) is 32.0 Å². The van der Waals surface area contributed by atoms with E-state index in [9.17, 15) is 24.0 Å². The molecule has 5 rings (SSSR count). The lowest BCUT2D eigenvalue weighted by molar-refractivity contribution is -0.295. The highest BCUT2D eigenvalue weighted by atomic mass is 19.1. The van der Waals surface area contributed by atoms with E-state index in [2.05, 4.69) is 10.1 Å². The van der Waals surface area contributed by atoms with Crippen molar-refractivity contribution in [2.24, 2.45) is 33.7 Å². The van der Waals surface area contributed by atoms with Crippen LogP contribution in [0.25, 0.3) is 0 Å². The van der Waals surface area contributed by atoms with E-state index >= 15 is 4.39 Å². The highest BCUT2D eigenvalue weighted by Crippen LogP contribution is 2.44. The van der Waals surface area contributed by atoms with Gasteiger partial charge in [0.2, 0.25) is 0 Å². The number of ketones is 2. The number of Topliss-reactive ketones (excluding diaryl/α,β-unsaturated/α-hetero) is 2. The molecule has 3 aliphatic heterocycles. The van der Waals surface area contributed by atoms with Crippen molar-refractivity contribution in [1.29, 1.82) is 0 Å². The van der Waals surface area contributed by atoms with E-state index in [4.69, 9.17) is 40.0 Å². The van der Waals surface area contributed by atoms with Crippen molar-refractivity contribution in [3.05, 3.63) is 65.7 Å². The monoisotopic (exact) mass is 951 g/mol. The van der Waals surface area contributed by atoms with Crippen LogP contribution in [0.15, 0.2) is 64.7 Å². The predicted molar refractivity (Wildman–Crippen MR) is 254 cm³/mol. The van der Waals surface area contributed by atoms with E-state index < -0.39 is 101 Å². The summed E-state index contributed by atoms with van der Waals surface area (Å²) >= 11 is 0. The lowest BCUT2D eigenvalue weighted by Gasteiger charge is -2.48. The van der Waals surface area contributed by atoms with Gasteiger partial charge in [0.25, 0.3) is 5.67 Å². The minimum Gasteiger partial charge on any atom is -0.455 e. The first-order valence-electron chi connectivity index (χ1n) is 23.4. The van der Waals surface area contributed by atoms with Crippen molar-refractivity contribution in [2.45, 2.75) is 147 Å². The topological polar surface area (TPSA) is 224 Å². The number of halogens is 1. The molecule has 0 bridgehead atoms. The number of nitrogens with two attached hydrogens (primary N) is 2. The molecule has 18 heteroatoms. The summed E-state index contributed by atoms with van der Waals surface area (Å²) in [5.74, 6) is -1.14. The van der Waals surface area contributed by atoms with E-state index in [1.165, 1.54) is 18.9 Å². The fraction of sp³-hybridized carbons (Fsp3) is 0.620. The van der Waals surface area contributed by atoms with Crippen LogP contribution in [0.5, 0.6) is 0 Å². The van der Waals surface area contributed by atoms with Crippen molar-refractivity contribution in [2.75, 3.05) is 40.0 Å². The van der Waals surface area contributed by atoms with Gasteiger partial charge in [-0.2, -0.15) is 5.10 Å². The summed E-state index contributed by atoms with van der Waals surface area (Å²) in [6.07, 6.45) is -3.28. The smallest absolute Gasteiger partial charge is 0.410 e. The van der Waals surface area contributed by atoms with Gasteiger partial charge in [-0.15, -0.1) is 0 Å². The van der Waals surface area contributed by atoms with Gasteiger partial charge < -0.3 is 49.8 Å². The highest BCUT2D eigenvalue weighted by Gasteiger charge is 2.62. The number of aliphatic imine (C=N–C) groups is 1. The van der Waals surface area contributed by atoms with Gasteiger partial charge in [-0.1, -0.05) is 58.0 Å². The fourth-order valence-electron chi connectivity index (χ4n) is 10.1. The Morgan fingerprint density at radius 2 is 1.66 bits per heavy atom. The van der Waals surface area contributed by atoms with E-state index in [0.717, 1.165) is 6.92 Å². The molecule has 374 valence electrons. The summed E-state index contributed by atoms with van der Waals surface area (Å²) in [4.78, 5) is 79.0. The van der Waals surface area contributed by atoms with Crippen LogP contribution in [0.1, 0.15) is 103 Å². The number of hydrogen-bond donors (Lipinski definition) is 2. The number of hydrogen-bond acceptors (Lipinski definition) is 16. The van der Waals surface area contributed by atoms with Crippen LogP contribution in [0.2, 0.25) is 0 Å². The lowest BCUT2D eigenvalue weighted by atomic mass is 9.73. The summed E-state index contributed by atoms with van der Waals surface area (Å²) in [5, 5.41) is 3.83. The van der Waals surface area contributed by atoms with Gasteiger partial charge in [0.05, 0.1) is 35.5 Å². The molecule has 2 aromatic carbocycles. The fourth-order valence-corrected chi connectivity index (χ4v) is 10.1. The van der Waals surface area contributed by atoms with Crippen LogP contribution in [0.3, 0.4) is 0 Å². The zero-order chi connectivity index (χ0) is 50.3. The maximum Gasteiger partial charge on any atom is 0.410 e. The zero-order valence-electron chi connectivity index (χ0n) is 41.3. The Bertz CT molecular complexity index is 2170. The molecule has 3 aliphatic rings. The average molecular weight is 951 g/mol. The molecule has 17 nitrogen and oxygen atoms in total. The molecule has 3 unspecified atom stereocenters. The molecule has 3 saturated heterocycles. The van der Waals surface area contributed by atoms with Crippen molar-refractivity contribution >= 4 is 47.2 Å². The number of nitrogen functional groups attached to an aromatic ring is 1. The minimum absolute atomic E-state index is 0.0454. The Balaban J connectivity index is 1.48. The number of amides is 1. The van der Waals surface area contributed by atoms with Crippen molar-refractivity contribution in [3.63, 3.8) is 0 Å². The number of unbranched alkanes of at least 4 members (excludes halogenated alkanes) is 1. The Kier molecular flexibility index (Phi) is 17.7. The average Bonchev–Trinajstić information content (AvgIpc) is 3.57. The maximum atomic E-state index is 17.2. The van der Waals surface area contributed by atoms with Gasteiger partial charge in [-0.3, -0.25) is 14.6 Å². The summed E-state index contributed by atoms with van der Waals surface area (Å²) in [7, 11) is 5.05. The van der Waals surface area contributed by atoms with E-state index in [-0.39, 0.29) is 25.2 Å². The van der Waals surface area contributed by atoms with Gasteiger partial charge in [-0.25, -0.2) is 18.8 Å². The van der Waals surface area contributed by atoms with Gasteiger partial charge in [0.15, 0.2) is 23.8 Å². The van der Waals surface area contributed by atoms with Crippen LogP contribution in [-0.2, 0) is 42.8 Å². The second-order valence-corrected chi connectivity index (χ2v) is 19.2. The number of fused-ring (bicyclic) bond motifs is 1. The molecule has 1 amide bonds. The number of rotatable bonds is 14. The number of hydrazone groups is 1. The standard InChI is InChI=1S/C50H71FN6O11/c1-12-38-50(8)41(57(47(62)68-50)24-17-16-23-54-28-36(55-53)34-21-18-22-35(52)26-34)31(4)39(58)29(2)27-48(6,63-11)43(32(5)42(59)49(7,51)46(61)65-38)67-45-40(37(56(9)10)25-30(3)64-45)66-44(60)33-19-14-13-15-20-33/h13-15,18-22,26,28-32,37-38,40-41,43,45H,12,16-17,23-25,27,52-53H2,1-11H3/t29-,30-,31+,32+,37+,38?,40-,41?,43-,45?,48+,49+,50-/m1/s1. The second kappa shape index (κ2) is 22.4. The summed E-state index contributed by atoms with van der Waals surface area (Å²) < 4.78 is 54.7. The van der Waals surface area contributed by atoms with Crippen LogP contribution < -0.4 is 11.6 Å². The van der Waals surface area contributed by atoms with Crippen molar-refractivity contribution in [3.8, 4) is 0 Å². The molecule has 13 atom stereocenters. The summed E-state index contributed by atoms with van der Waals surface area (Å²) in [6, 6.07) is 14.1. The molecule has 4 N–H and O–H groups in total. The Morgan fingerprint density at radius 3 is 2.28 bits per heavy atom. The van der Waals surface area contributed by atoms with Crippen LogP contribution >= 0.6 is 0 Å². The first-order valence-corrected chi connectivity index (χ1v) is 23.4. The molecule has 3 heterocycles. The lowest BCUT2D eigenvalue weighted by Crippen LogP contribution is -2.62. The van der Waals surface area contributed by atoms with E-state index in [1.54, 1.807) is 89.4 Å². The van der Waals surface area contributed by atoms with Gasteiger partial charge in [0.1, 0.15) is 17.6 Å². The third-order valence-electron chi connectivity index (χ3n) is 13.9. The number of ether oxygens (including phenoxy) is 6. The number of anilines is 1. The number of carbonyl (C=O) groups is 5. The van der Waals surface area contributed by atoms with Crippen LogP contribution in [-0.4, -0.2) is 145 Å². The van der Waals surface area contributed by atoms with Gasteiger partial charge in [0, 0.05) is 55.4 Å². The zero-order valence-corrected chi connectivity index (χ0v) is 41.3. The Morgan fingerprint density at radius 1 is 0.985 bits per heavy atom. The normalized spacial score (nSPS) is 34.4. The predicted octanol–water partition coefficient (Wildman–Crippen LogP) is 5.94. The van der Waals surface area contributed by atoms with E-state index in [0.29, 0.717) is 48.3 Å². The molecular formula is C50H71FN6O11. The second-order valence-electron chi connectivity index (χ2n) is 19.2. The summed E-state index contributed by atoms with van der Waals surface area (Å²) in [6.45, 7) is 12.9. The van der Waals surface area contributed by atoms with Crippen molar-refractivity contribution in [1.82, 2.24) is 9.80 Å². The third-order valence-corrected chi connectivity index (χ3v) is 13.9. The molecule has 0 radical (unpaired) electrons. The minimum atomic E-state index is -3.25. The number of carbonyl (C=O) groups excluding carboxylic acids is 5. The number of likely N-dealkylation sites (N-methyl/N-ethyl adjacent to an activating group) is 1. The third kappa shape index (κ3) is 11.6. The van der Waals surface area contributed by atoms with Crippen LogP contribution in [0, 0.1) is 17.8 Å². The van der Waals surface area contributed by atoms with Crippen molar-refractivity contribution < 1.29 is 56.8 Å². The van der Waals surface area contributed by atoms with Gasteiger partial charge >= 0.3 is 18.0 Å². The number of nitrogens with zero attached hydrogens (tertiary/aromatic N) is 4. The first-order chi connectivity index (χ1) is 32.0. The maximum absolute atomic E-state index is 17.2. The largest absolute Gasteiger partial charge is 0.455 e. The molecule has 0 aromatic heterocycles. The molecule has 0 spiro atoms. The quantitative estimate of drug-likeness (QED) is 0.0327. The number of cyclic esters (lactones) is 1. The highest BCUT2D eigenvalue weighted by molar-refractivity contribution is 6.38. The Labute approximate surface area is 399 Å². The summed E-state index contributed by atoms with van der Waals surface area (Å²) in [5.41, 5.74) is 1.46. The van der Waals surface area contributed by atoms with Crippen LogP contribution in [0.4, 0.5) is 14.9 Å². The molecule has 68 heavy (non-hydrogen) atoms. The molecule has 0 saturated carbocycles. The molecule has 0 aliphatic carbocycles. The molecule has 2 aromatic rings. The number of esters is 2. The number of alkyl halides is 1. The Hall–Kier alpha value is -5.30. The first kappa shape index (κ1) is 53.7. The molecule has 3 fully saturated rings.